The fourth-order valence-corrected chi connectivity index (χ4v) is 3.00. The highest BCUT2D eigenvalue weighted by Crippen LogP contribution is 2.30. The first-order valence-corrected chi connectivity index (χ1v) is 9.65. The van der Waals surface area contributed by atoms with E-state index in [1.165, 1.54) is 0 Å². The van der Waals surface area contributed by atoms with Crippen LogP contribution in [0.4, 0.5) is 5.69 Å². The predicted molar refractivity (Wildman–Crippen MR) is 115 cm³/mol. The molecule has 0 unspecified atom stereocenters. The molecule has 0 atom stereocenters. The zero-order valence-corrected chi connectivity index (χ0v) is 16.9. The lowest BCUT2D eigenvalue weighted by Crippen LogP contribution is -2.20. The predicted octanol–water partition coefficient (Wildman–Crippen LogP) is 5.38. The van der Waals surface area contributed by atoms with Gasteiger partial charge in [-0.2, -0.15) is 4.98 Å². The van der Waals surface area contributed by atoms with Crippen LogP contribution in [0.1, 0.15) is 5.56 Å². The van der Waals surface area contributed by atoms with Crippen LogP contribution in [-0.4, -0.2) is 22.7 Å². The van der Waals surface area contributed by atoms with Gasteiger partial charge in [0.2, 0.25) is 5.82 Å². The molecule has 1 N–H and O–H groups in total. The molecule has 4 aromatic rings. The zero-order chi connectivity index (χ0) is 20.9. The van der Waals surface area contributed by atoms with Crippen LogP contribution in [0.5, 0.6) is 5.75 Å². The van der Waals surface area contributed by atoms with Gasteiger partial charge in [0.25, 0.3) is 11.8 Å². The van der Waals surface area contributed by atoms with Gasteiger partial charge in [-0.15, -0.1) is 0 Å². The molecule has 1 aromatic heterocycles. The summed E-state index contributed by atoms with van der Waals surface area (Å²) in [5, 5.41) is 7.43. The Morgan fingerprint density at radius 3 is 2.67 bits per heavy atom. The molecule has 1 heterocycles. The Hall–Kier alpha value is -3.64. The normalized spacial score (nSPS) is 10.6. The first-order chi connectivity index (χ1) is 14.6. The Kier molecular flexibility index (Phi) is 5.77. The van der Waals surface area contributed by atoms with Gasteiger partial charge in [-0.3, -0.25) is 4.79 Å². The summed E-state index contributed by atoms with van der Waals surface area (Å²) in [6.07, 6.45) is 0. The number of amides is 1. The zero-order valence-electron chi connectivity index (χ0n) is 16.1. The number of rotatable bonds is 6. The van der Waals surface area contributed by atoms with Crippen LogP contribution in [0.15, 0.2) is 77.3 Å². The summed E-state index contributed by atoms with van der Waals surface area (Å²) in [6, 6.07) is 21.9. The molecule has 150 valence electrons. The third-order valence-electron chi connectivity index (χ3n) is 4.31. The minimum atomic E-state index is -0.293. The Balaban J connectivity index is 1.48. The number of nitrogens with one attached hydrogen (secondary N) is 1. The first kappa shape index (κ1) is 19.7. The molecular formula is C23H18ClN3O3. The largest absolute Gasteiger partial charge is 0.483 e. The summed E-state index contributed by atoms with van der Waals surface area (Å²) in [5.74, 6) is 0.991. The van der Waals surface area contributed by atoms with Crippen molar-refractivity contribution >= 4 is 23.2 Å². The minimum absolute atomic E-state index is 0.168. The summed E-state index contributed by atoms with van der Waals surface area (Å²) in [6.45, 7) is 1.83. The highest BCUT2D eigenvalue weighted by molar-refractivity contribution is 6.30. The van der Waals surface area contributed by atoms with Crippen LogP contribution in [0.2, 0.25) is 5.02 Å². The lowest BCUT2D eigenvalue weighted by molar-refractivity contribution is -0.118. The van der Waals surface area contributed by atoms with Crippen LogP contribution < -0.4 is 10.1 Å². The van der Waals surface area contributed by atoms with Crippen LogP contribution in [0, 0.1) is 6.92 Å². The van der Waals surface area contributed by atoms with Gasteiger partial charge in [0.05, 0.1) is 5.56 Å². The maximum atomic E-state index is 12.2. The molecule has 0 radical (unpaired) electrons. The Morgan fingerprint density at radius 1 is 1.07 bits per heavy atom. The monoisotopic (exact) mass is 419 g/mol. The van der Waals surface area contributed by atoms with E-state index in [2.05, 4.69) is 15.5 Å². The number of ether oxygens (including phenoxy) is 1. The SMILES string of the molecule is Cc1cccc(-c2noc(-c3ccccc3OCC(=O)Nc3ccc(Cl)cc3)n2)c1. The van der Waals surface area contributed by atoms with E-state index in [1.54, 1.807) is 36.4 Å². The molecule has 0 spiro atoms. The fourth-order valence-electron chi connectivity index (χ4n) is 2.88. The summed E-state index contributed by atoms with van der Waals surface area (Å²) in [5.41, 5.74) is 3.23. The van der Waals surface area contributed by atoms with E-state index in [0.29, 0.717) is 33.7 Å². The first-order valence-electron chi connectivity index (χ1n) is 9.27. The molecule has 0 fully saturated rings. The molecule has 6 nitrogen and oxygen atoms in total. The maximum absolute atomic E-state index is 12.2. The highest BCUT2D eigenvalue weighted by atomic mass is 35.5. The molecule has 0 aliphatic rings. The molecule has 0 saturated heterocycles. The van der Waals surface area contributed by atoms with Crippen LogP contribution in [-0.2, 0) is 4.79 Å². The van der Waals surface area contributed by atoms with Crippen molar-refractivity contribution in [1.82, 2.24) is 10.1 Å². The molecule has 0 bridgehead atoms. The summed E-state index contributed by atoms with van der Waals surface area (Å²) in [4.78, 5) is 16.7. The van der Waals surface area contributed by atoms with Crippen molar-refractivity contribution in [3.63, 3.8) is 0 Å². The molecule has 3 aromatic carbocycles. The van der Waals surface area contributed by atoms with Crippen molar-refractivity contribution in [2.45, 2.75) is 6.92 Å². The number of hydrogen-bond donors (Lipinski definition) is 1. The second-order valence-electron chi connectivity index (χ2n) is 6.63. The lowest BCUT2D eigenvalue weighted by atomic mass is 10.1. The number of nitrogens with zero attached hydrogens (tertiary/aromatic N) is 2. The number of hydrogen-bond acceptors (Lipinski definition) is 5. The lowest BCUT2D eigenvalue weighted by Gasteiger charge is -2.09. The number of anilines is 1. The van der Waals surface area contributed by atoms with Crippen molar-refractivity contribution < 1.29 is 14.1 Å². The van der Waals surface area contributed by atoms with Crippen LogP contribution >= 0.6 is 11.6 Å². The topological polar surface area (TPSA) is 77.2 Å². The van der Waals surface area contributed by atoms with E-state index in [4.69, 9.17) is 20.9 Å². The van der Waals surface area contributed by atoms with E-state index >= 15 is 0 Å². The van der Waals surface area contributed by atoms with Crippen molar-refractivity contribution in [3.8, 4) is 28.6 Å². The number of benzene rings is 3. The van der Waals surface area contributed by atoms with Crippen molar-refractivity contribution in [3.05, 3.63) is 83.4 Å². The van der Waals surface area contributed by atoms with Gasteiger partial charge in [0, 0.05) is 16.3 Å². The van der Waals surface area contributed by atoms with Gasteiger partial charge in [-0.1, -0.05) is 52.7 Å². The highest BCUT2D eigenvalue weighted by Gasteiger charge is 2.16. The summed E-state index contributed by atoms with van der Waals surface area (Å²) >= 11 is 5.86. The van der Waals surface area contributed by atoms with Gasteiger partial charge >= 0.3 is 0 Å². The summed E-state index contributed by atoms with van der Waals surface area (Å²) in [7, 11) is 0. The van der Waals surface area contributed by atoms with Crippen molar-refractivity contribution in [1.29, 1.82) is 0 Å². The standard InChI is InChI=1S/C23H18ClN3O3/c1-15-5-4-6-16(13-15)22-26-23(30-27-22)19-7-2-3-8-20(19)29-14-21(28)25-18-11-9-17(24)10-12-18/h2-13H,14H2,1H3,(H,25,28). The van der Waals surface area contributed by atoms with Crippen molar-refractivity contribution in [2.75, 3.05) is 11.9 Å². The maximum Gasteiger partial charge on any atom is 0.262 e. The van der Waals surface area contributed by atoms with Crippen LogP contribution in [0.25, 0.3) is 22.8 Å². The Bertz CT molecular complexity index is 1170. The van der Waals surface area contributed by atoms with Crippen molar-refractivity contribution in [2.24, 2.45) is 0 Å². The van der Waals surface area contributed by atoms with Gasteiger partial charge in [-0.25, -0.2) is 0 Å². The second kappa shape index (κ2) is 8.80. The number of aryl methyl sites for hydroxylation is 1. The molecule has 1 amide bonds. The molecule has 4 rings (SSSR count). The molecule has 0 aliphatic heterocycles. The van der Waals surface area contributed by atoms with Gasteiger partial charge in [0.15, 0.2) is 6.61 Å². The minimum Gasteiger partial charge on any atom is -0.483 e. The average Bonchev–Trinajstić information content (AvgIpc) is 3.24. The van der Waals surface area contributed by atoms with Crippen LogP contribution in [0.3, 0.4) is 0 Å². The number of halogens is 1. The number of para-hydroxylation sites is 1. The Morgan fingerprint density at radius 2 is 1.87 bits per heavy atom. The third-order valence-corrected chi connectivity index (χ3v) is 4.56. The molecular weight excluding hydrogens is 402 g/mol. The number of carbonyl (C=O) groups is 1. The molecule has 7 heteroatoms. The second-order valence-corrected chi connectivity index (χ2v) is 7.07. The molecule has 30 heavy (non-hydrogen) atoms. The van der Waals surface area contributed by atoms with E-state index in [-0.39, 0.29) is 12.5 Å². The quantitative estimate of drug-likeness (QED) is 0.453. The molecule has 0 saturated carbocycles. The Labute approximate surface area is 178 Å². The van der Waals surface area contributed by atoms with Gasteiger partial charge in [-0.05, 0) is 49.4 Å². The van der Waals surface area contributed by atoms with E-state index in [0.717, 1.165) is 11.1 Å². The summed E-state index contributed by atoms with van der Waals surface area (Å²) < 4.78 is 11.2. The van der Waals surface area contributed by atoms with Gasteiger partial charge in [0.1, 0.15) is 5.75 Å². The van der Waals surface area contributed by atoms with E-state index in [9.17, 15) is 4.79 Å². The molecule has 0 aliphatic carbocycles. The number of aromatic nitrogens is 2. The smallest absolute Gasteiger partial charge is 0.262 e. The number of carbonyl (C=O) groups excluding carboxylic acids is 1. The average molecular weight is 420 g/mol. The van der Waals surface area contributed by atoms with E-state index in [1.807, 2.05) is 43.3 Å². The van der Waals surface area contributed by atoms with Gasteiger partial charge < -0.3 is 14.6 Å². The van der Waals surface area contributed by atoms with E-state index < -0.39 is 0 Å². The third kappa shape index (κ3) is 4.67. The fraction of sp³-hybridized carbons (Fsp3) is 0.0870.